The van der Waals surface area contributed by atoms with E-state index in [0.717, 1.165) is 24.1 Å². The normalized spacial score (nSPS) is 18.4. The van der Waals surface area contributed by atoms with Crippen LogP contribution in [0.25, 0.3) is 0 Å². The SMILES string of the molecule is CC(=O)N1CCCc2cc(S(=O)(=O)N3CCC(C(=O)Nc4ccc5c(c4)OCO5)CC3)ccc21. The minimum atomic E-state index is -3.68. The van der Waals surface area contributed by atoms with Crippen LogP contribution in [0.2, 0.25) is 0 Å². The second kappa shape index (κ2) is 8.92. The van der Waals surface area contributed by atoms with Crippen LogP contribution in [0.3, 0.4) is 0 Å². The van der Waals surface area contributed by atoms with Crippen LogP contribution in [-0.2, 0) is 26.0 Å². The molecule has 0 atom stereocenters. The van der Waals surface area contributed by atoms with Crippen LogP contribution in [0, 0.1) is 5.92 Å². The number of aryl methyl sites for hydroxylation is 1. The van der Waals surface area contributed by atoms with E-state index in [4.69, 9.17) is 9.47 Å². The van der Waals surface area contributed by atoms with Crippen molar-refractivity contribution in [2.24, 2.45) is 5.92 Å². The van der Waals surface area contributed by atoms with Crippen LogP contribution in [-0.4, -0.2) is 51.0 Å². The molecule has 0 aliphatic carbocycles. The van der Waals surface area contributed by atoms with Gasteiger partial charge in [0.05, 0.1) is 4.90 Å². The molecule has 0 spiro atoms. The topological polar surface area (TPSA) is 105 Å². The molecule has 3 heterocycles. The van der Waals surface area contributed by atoms with Crippen LogP contribution < -0.4 is 19.7 Å². The Bertz CT molecular complexity index is 1240. The third-order valence-electron chi connectivity index (χ3n) is 6.65. The van der Waals surface area contributed by atoms with Gasteiger partial charge in [-0.1, -0.05) is 0 Å². The molecule has 1 fully saturated rings. The van der Waals surface area contributed by atoms with Gasteiger partial charge in [-0.05, 0) is 61.6 Å². The lowest BCUT2D eigenvalue weighted by atomic mass is 9.97. The van der Waals surface area contributed by atoms with Crippen molar-refractivity contribution in [3.63, 3.8) is 0 Å². The summed E-state index contributed by atoms with van der Waals surface area (Å²) in [7, 11) is -3.68. The first kappa shape index (κ1) is 22.7. The number of benzene rings is 2. The summed E-state index contributed by atoms with van der Waals surface area (Å²) in [6.07, 6.45) is 2.43. The first-order valence-corrected chi connectivity index (χ1v) is 12.9. The van der Waals surface area contributed by atoms with Crippen molar-refractivity contribution in [1.29, 1.82) is 0 Å². The number of amides is 2. The number of hydrogen-bond donors (Lipinski definition) is 1. The number of nitrogens with one attached hydrogen (secondary N) is 1. The Balaban J connectivity index is 1.23. The molecule has 180 valence electrons. The largest absolute Gasteiger partial charge is 0.454 e. The molecule has 10 heteroatoms. The van der Waals surface area contributed by atoms with Gasteiger partial charge in [0.25, 0.3) is 0 Å². The summed E-state index contributed by atoms with van der Waals surface area (Å²) in [5, 5.41) is 2.90. The van der Waals surface area contributed by atoms with Crippen molar-refractivity contribution in [2.45, 2.75) is 37.5 Å². The zero-order valence-electron chi connectivity index (χ0n) is 19.0. The molecule has 2 aromatic rings. The van der Waals surface area contributed by atoms with Crippen molar-refractivity contribution in [2.75, 3.05) is 36.6 Å². The summed E-state index contributed by atoms with van der Waals surface area (Å²) in [6, 6.07) is 10.2. The molecule has 2 amide bonds. The maximum atomic E-state index is 13.3. The Morgan fingerprint density at radius 1 is 1.00 bits per heavy atom. The molecule has 5 rings (SSSR count). The number of fused-ring (bicyclic) bond motifs is 2. The van der Waals surface area contributed by atoms with Crippen molar-refractivity contribution in [3.05, 3.63) is 42.0 Å². The number of sulfonamides is 1. The number of carbonyl (C=O) groups excluding carboxylic acids is 2. The average Bonchev–Trinajstić information content (AvgIpc) is 3.31. The molecule has 0 unspecified atom stereocenters. The first-order chi connectivity index (χ1) is 16.3. The van der Waals surface area contributed by atoms with Gasteiger partial charge in [0.15, 0.2) is 11.5 Å². The second-order valence-electron chi connectivity index (χ2n) is 8.80. The lowest BCUT2D eigenvalue weighted by Crippen LogP contribution is -2.41. The molecular formula is C24H27N3O6S. The molecule has 3 aliphatic rings. The van der Waals surface area contributed by atoms with Gasteiger partial charge < -0.3 is 19.7 Å². The van der Waals surface area contributed by atoms with Crippen molar-refractivity contribution >= 4 is 33.2 Å². The van der Waals surface area contributed by atoms with Crippen LogP contribution in [0.5, 0.6) is 11.5 Å². The van der Waals surface area contributed by atoms with Gasteiger partial charge in [-0.25, -0.2) is 8.42 Å². The van der Waals surface area contributed by atoms with Gasteiger partial charge in [0, 0.05) is 49.9 Å². The zero-order chi connectivity index (χ0) is 23.9. The molecule has 1 N–H and O–H groups in total. The Kier molecular flexibility index (Phi) is 5.95. The third kappa shape index (κ3) is 4.23. The van der Waals surface area contributed by atoms with Crippen molar-refractivity contribution in [1.82, 2.24) is 4.31 Å². The van der Waals surface area contributed by atoms with Crippen LogP contribution in [0.15, 0.2) is 41.3 Å². The van der Waals surface area contributed by atoms with E-state index in [2.05, 4.69) is 5.32 Å². The van der Waals surface area contributed by atoms with Crippen LogP contribution >= 0.6 is 0 Å². The predicted molar refractivity (Wildman–Crippen MR) is 125 cm³/mol. The molecular weight excluding hydrogens is 458 g/mol. The Hall–Kier alpha value is -3.11. The number of carbonyl (C=O) groups is 2. The van der Waals surface area contributed by atoms with E-state index >= 15 is 0 Å². The second-order valence-corrected chi connectivity index (χ2v) is 10.7. The summed E-state index contributed by atoms with van der Waals surface area (Å²) in [6.45, 7) is 2.89. The number of anilines is 2. The van der Waals surface area contributed by atoms with Gasteiger partial charge in [0.1, 0.15) is 0 Å². The first-order valence-electron chi connectivity index (χ1n) is 11.4. The van der Waals surface area contributed by atoms with E-state index in [1.807, 2.05) is 0 Å². The van der Waals surface area contributed by atoms with E-state index in [1.165, 1.54) is 11.2 Å². The van der Waals surface area contributed by atoms with Gasteiger partial charge in [-0.2, -0.15) is 4.31 Å². The fourth-order valence-electron chi connectivity index (χ4n) is 4.79. The van der Waals surface area contributed by atoms with E-state index < -0.39 is 10.0 Å². The lowest BCUT2D eigenvalue weighted by Gasteiger charge is -2.32. The highest BCUT2D eigenvalue weighted by Crippen LogP contribution is 2.35. The van der Waals surface area contributed by atoms with Gasteiger partial charge in [-0.15, -0.1) is 0 Å². The quantitative estimate of drug-likeness (QED) is 0.714. The Labute approximate surface area is 198 Å². The Morgan fingerprint density at radius 3 is 2.53 bits per heavy atom. The highest BCUT2D eigenvalue weighted by Gasteiger charge is 2.33. The highest BCUT2D eigenvalue weighted by molar-refractivity contribution is 7.89. The standard InChI is InChI=1S/C24H27N3O6S/c1-16(28)27-10-2-3-18-13-20(5-6-21(18)27)34(30,31)26-11-8-17(9-12-26)24(29)25-19-4-7-22-23(14-19)33-15-32-22/h4-7,13-14,17H,2-3,8-12,15H2,1H3,(H,25,29). The fraction of sp³-hybridized carbons (Fsp3) is 0.417. The van der Waals surface area contributed by atoms with Gasteiger partial charge in [0.2, 0.25) is 28.6 Å². The van der Waals surface area contributed by atoms with Crippen LogP contribution in [0.4, 0.5) is 11.4 Å². The van der Waals surface area contributed by atoms with Crippen LogP contribution in [0.1, 0.15) is 31.7 Å². The number of ether oxygens (including phenoxy) is 2. The number of nitrogens with zero attached hydrogens (tertiary/aromatic N) is 2. The zero-order valence-corrected chi connectivity index (χ0v) is 19.8. The highest BCUT2D eigenvalue weighted by atomic mass is 32.2. The maximum absolute atomic E-state index is 13.3. The molecule has 34 heavy (non-hydrogen) atoms. The van der Waals surface area contributed by atoms with E-state index in [0.29, 0.717) is 36.6 Å². The molecule has 0 saturated carbocycles. The van der Waals surface area contributed by atoms with E-state index in [1.54, 1.807) is 41.3 Å². The average molecular weight is 486 g/mol. The number of hydrogen-bond acceptors (Lipinski definition) is 6. The van der Waals surface area contributed by atoms with Gasteiger partial charge in [-0.3, -0.25) is 9.59 Å². The molecule has 0 bridgehead atoms. The van der Waals surface area contributed by atoms with Gasteiger partial charge >= 0.3 is 0 Å². The summed E-state index contributed by atoms with van der Waals surface area (Å²) in [5.74, 6) is 0.791. The summed E-state index contributed by atoms with van der Waals surface area (Å²) < 4.78 is 38.6. The summed E-state index contributed by atoms with van der Waals surface area (Å²) in [5.41, 5.74) is 2.29. The molecule has 0 radical (unpaired) electrons. The van der Waals surface area contributed by atoms with Crippen molar-refractivity contribution in [3.8, 4) is 11.5 Å². The van der Waals surface area contributed by atoms with E-state index in [9.17, 15) is 18.0 Å². The molecule has 3 aliphatic heterocycles. The lowest BCUT2D eigenvalue weighted by molar-refractivity contribution is -0.121. The predicted octanol–water partition coefficient (Wildman–Crippen LogP) is 2.75. The maximum Gasteiger partial charge on any atom is 0.243 e. The summed E-state index contributed by atoms with van der Waals surface area (Å²) >= 11 is 0. The smallest absolute Gasteiger partial charge is 0.243 e. The molecule has 0 aromatic heterocycles. The third-order valence-corrected chi connectivity index (χ3v) is 8.55. The molecule has 2 aromatic carbocycles. The Morgan fingerprint density at radius 2 is 1.76 bits per heavy atom. The minimum absolute atomic E-state index is 0.0438. The van der Waals surface area contributed by atoms with Crippen molar-refractivity contribution < 1.29 is 27.5 Å². The monoisotopic (exact) mass is 485 g/mol. The summed E-state index contributed by atoms with van der Waals surface area (Å²) in [4.78, 5) is 26.6. The number of rotatable bonds is 4. The van der Waals surface area contributed by atoms with E-state index in [-0.39, 0.29) is 42.5 Å². The fourth-order valence-corrected chi connectivity index (χ4v) is 6.31. The number of piperidine rings is 1. The molecule has 1 saturated heterocycles. The minimum Gasteiger partial charge on any atom is -0.454 e. The molecule has 9 nitrogen and oxygen atoms in total.